The molecule has 0 amide bonds. The fourth-order valence-corrected chi connectivity index (χ4v) is 3.48. The summed E-state index contributed by atoms with van der Waals surface area (Å²) in [5.74, 6) is 0.819. The maximum Gasteiger partial charge on any atom is 0.135 e. The number of hydrogen-bond acceptors (Lipinski definition) is 4. The SMILES string of the molecule is Clc1cccc(CNc2nc3c4cnccc4[nH]c3c3cnccc23)c1. The second kappa shape index (κ2) is 5.97. The fourth-order valence-electron chi connectivity index (χ4n) is 3.27. The number of rotatable bonds is 3. The van der Waals surface area contributed by atoms with Gasteiger partial charge in [0.2, 0.25) is 0 Å². The van der Waals surface area contributed by atoms with Crippen molar-refractivity contribution in [2.24, 2.45) is 0 Å². The number of H-pyrrole nitrogens is 1. The van der Waals surface area contributed by atoms with Gasteiger partial charge in [-0.2, -0.15) is 0 Å². The van der Waals surface area contributed by atoms with Crippen LogP contribution in [-0.2, 0) is 6.54 Å². The number of pyridine rings is 3. The van der Waals surface area contributed by atoms with Crippen molar-refractivity contribution in [2.45, 2.75) is 6.54 Å². The Hall–Kier alpha value is -3.18. The van der Waals surface area contributed by atoms with Crippen molar-refractivity contribution in [3.63, 3.8) is 0 Å². The van der Waals surface area contributed by atoms with Crippen LogP contribution in [-0.4, -0.2) is 19.9 Å². The maximum atomic E-state index is 6.09. The lowest BCUT2D eigenvalue weighted by molar-refractivity contribution is 1.13. The topological polar surface area (TPSA) is 66.5 Å². The van der Waals surface area contributed by atoms with Crippen molar-refractivity contribution in [1.29, 1.82) is 0 Å². The molecule has 26 heavy (non-hydrogen) atoms. The summed E-state index contributed by atoms with van der Waals surface area (Å²) in [4.78, 5) is 16.9. The molecule has 0 fully saturated rings. The lowest BCUT2D eigenvalue weighted by Crippen LogP contribution is -2.02. The van der Waals surface area contributed by atoms with Gasteiger partial charge in [0.05, 0.1) is 11.0 Å². The van der Waals surface area contributed by atoms with E-state index in [1.807, 2.05) is 48.8 Å². The third-order valence-electron chi connectivity index (χ3n) is 4.49. The first-order chi connectivity index (χ1) is 12.8. The molecule has 0 spiro atoms. The van der Waals surface area contributed by atoms with Crippen LogP contribution in [0.1, 0.15) is 5.56 Å². The van der Waals surface area contributed by atoms with E-state index in [1.54, 1.807) is 12.4 Å². The first-order valence-electron chi connectivity index (χ1n) is 8.27. The fraction of sp³-hybridized carbons (Fsp3) is 0.0500. The lowest BCUT2D eigenvalue weighted by atomic mass is 10.1. The molecule has 5 rings (SSSR count). The van der Waals surface area contributed by atoms with Gasteiger partial charge in [-0.25, -0.2) is 4.98 Å². The van der Waals surface area contributed by atoms with E-state index in [4.69, 9.17) is 16.6 Å². The van der Waals surface area contributed by atoms with Crippen LogP contribution in [0.2, 0.25) is 5.02 Å². The highest BCUT2D eigenvalue weighted by molar-refractivity contribution is 6.30. The van der Waals surface area contributed by atoms with Crippen molar-refractivity contribution < 1.29 is 0 Å². The number of hydrogen-bond donors (Lipinski definition) is 2. The van der Waals surface area contributed by atoms with Crippen LogP contribution in [0.4, 0.5) is 5.82 Å². The van der Waals surface area contributed by atoms with Gasteiger partial charge < -0.3 is 10.3 Å². The Morgan fingerprint density at radius 1 is 0.962 bits per heavy atom. The number of aromatic nitrogens is 4. The van der Waals surface area contributed by atoms with Crippen LogP contribution in [0.25, 0.3) is 32.7 Å². The standard InChI is InChI=1S/C20H14ClN5/c21-13-3-1-2-12(8-13)9-24-20-14-4-6-22-10-15(14)18-19(26-20)16-11-23-7-5-17(16)25-18/h1-8,10-11,25H,9H2,(H,24,26). The van der Waals surface area contributed by atoms with Gasteiger partial charge in [-0.1, -0.05) is 23.7 Å². The number of benzene rings is 1. The normalized spacial score (nSPS) is 11.4. The molecular weight excluding hydrogens is 346 g/mol. The first-order valence-corrected chi connectivity index (χ1v) is 8.65. The summed E-state index contributed by atoms with van der Waals surface area (Å²) in [6.45, 7) is 0.636. The van der Waals surface area contributed by atoms with E-state index in [1.165, 1.54) is 0 Å². The van der Waals surface area contributed by atoms with E-state index in [-0.39, 0.29) is 0 Å². The van der Waals surface area contributed by atoms with Crippen LogP contribution < -0.4 is 5.32 Å². The van der Waals surface area contributed by atoms with Crippen LogP contribution in [0, 0.1) is 0 Å². The van der Waals surface area contributed by atoms with E-state index >= 15 is 0 Å². The summed E-state index contributed by atoms with van der Waals surface area (Å²) in [5.41, 5.74) is 3.98. The second-order valence-corrected chi connectivity index (χ2v) is 6.57. The molecule has 0 aliphatic carbocycles. The minimum atomic E-state index is 0.636. The smallest absolute Gasteiger partial charge is 0.135 e. The molecule has 0 aliphatic rings. The number of aromatic amines is 1. The van der Waals surface area contributed by atoms with Gasteiger partial charge in [0.15, 0.2) is 0 Å². The Balaban J connectivity index is 1.68. The molecule has 5 nitrogen and oxygen atoms in total. The monoisotopic (exact) mass is 359 g/mol. The molecule has 0 aliphatic heterocycles. The van der Waals surface area contributed by atoms with E-state index in [0.29, 0.717) is 6.54 Å². The Morgan fingerprint density at radius 2 is 1.81 bits per heavy atom. The molecule has 0 unspecified atom stereocenters. The summed E-state index contributed by atoms with van der Waals surface area (Å²) in [6.07, 6.45) is 7.26. The first kappa shape index (κ1) is 15.1. The average Bonchev–Trinajstić information content (AvgIpc) is 3.05. The van der Waals surface area contributed by atoms with Gasteiger partial charge in [-0.05, 0) is 29.8 Å². The van der Waals surface area contributed by atoms with Gasteiger partial charge in [-0.15, -0.1) is 0 Å². The predicted octanol–water partition coefficient (Wildman–Crippen LogP) is 4.92. The molecule has 2 N–H and O–H groups in total. The zero-order valence-electron chi connectivity index (χ0n) is 13.7. The molecule has 1 aromatic carbocycles. The number of fused-ring (bicyclic) bond motifs is 5. The van der Waals surface area contributed by atoms with Gasteiger partial charge in [0.25, 0.3) is 0 Å². The molecule has 0 radical (unpaired) electrons. The minimum absolute atomic E-state index is 0.636. The Bertz CT molecular complexity index is 1260. The quantitative estimate of drug-likeness (QED) is 0.479. The minimum Gasteiger partial charge on any atom is -0.365 e. The van der Waals surface area contributed by atoms with Crippen LogP contribution >= 0.6 is 11.6 Å². The Kier molecular flexibility index (Phi) is 3.47. The summed E-state index contributed by atoms with van der Waals surface area (Å²) in [6, 6.07) is 11.7. The van der Waals surface area contributed by atoms with Gasteiger partial charge >= 0.3 is 0 Å². The molecule has 4 heterocycles. The zero-order chi connectivity index (χ0) is 17.5. The molecule has 126 valence electrons. The summed E-state index contributed by atoms with van der Waals surface area (Å²) >= 11 is 6.09. The van der Waals surface area contributed by atoms with Crippen molar-refractivity contribution in [2.75, 3.05) is 5.32 Å². The number of anilines is 1. The van der Waals surface area contributed by atoms with E-state index < -0.39 is 0 Å². The molecule has 4 aromatic heterocycles. The molecule has 5 aromatic rings. The van der Waals surface area contributed by atoms with Crippen molar-refractivity contribution in [3.05, 3.63) is 71.8 Å². The maximum absolute atomic E-state index is 6.09. The molecule has 0 atom stereocenters. The van der Waals surface area contributed by atoms with E-state index in [9.17, 15) is 0 Å². The molecule has 0 saturated carbocycles. The van der Waals surface area contributed by atoms with E-state index in [2.05, 4.69) is 20.3 Å². The Labute approximate surface area is 154 Å². The average molecular weight is 360 g/mol. The largest absolute Gasteiger partial charge is 0.365 e. The van der Waals surface area contributed by atoms with Crippen LogP contribution in [0.15, 0.2) is 61.2 Å². The number of halogens is 1. The van der Waals surface area contributed by atoms with Crippen molar-refractivity contribution in [3.8, 4) is 0 Å². The lowest BCUT2D eigenvalue weighted by Gasteiger charge is -2.10. The molecule has 0 saturated heterocycles. The molecule has 6 heteroatoms. The van der Waals surface area contributed by atoms with Crippen molar-refractivity contribution >= 4 is 50.1 Å². The molecular formula is C20H14ClN5. The van der Waals surface area contributed by atoms with Crippen LogP contribution in [0.3, 0.4) is 0 Å². The third kappa shape index (κ3) is 2.45. The number of nitrogens with one attached hydrogen (secondary N) is 2. The van der Waals surface area contributed by atoms with Crippen LogP contribution in [0.5, 0.6) is 0 Å². The number of nitrogens with zero attached hydrogens (tertiary/aromatic N) is 3. The summed E-state index contributed by atoms with van der Waals surface area (Å²) in [7, 11) is 0. The van der Waals surface area contributed by atoms with Gasteiger partial charge in [-0.3, -0.25) is 9.97 Å². The highest BCUT2D eigenvalue weighted by Gasteiger charge is 2.13. The summed E-state index contributed by atoms with van der Waals surface area (Å²) < 4.78 is 0. The highest BCUT2D eigenvalue weighted by atomic mass is 35.5. The highest BCUT2D eigenvalue weighted by Crippen LogP contribution is 2.32. The van der Waals surface area contributed by atoms with E-state index in [0.717, 1.165) is 49.1 Å². The predicted molar refractivity (Wildman–Crippen MR) is 105 cm³/mol. The Morgan fingerprint density at radius 3 is 2.69 bits per heavy atom. The summed E-state index contributed by atoms with van der Waals surface area (Å²) in [5, 5.41) is 7.22. The van der Waals surface area contributed by atoms with Crippen molar-refractivity contribution in [1.82, 2.24) is 19.9 Å². The second-order valence-electron chi connectivity index (χ2n) is 6.14. The van der Waals surface area contributed by atoms with Gasteiger partial charge in [0, 0.05) is 52.5 Å². The molecule has 0 bridgehead atoms. The van der Waals surface area contributed by atoms with Gasteiger partial charge in [0.1, 0.15) is 11.3 Å². The third-order valence-corrected chi connectivity index (χ3v) is 4.73. The zero-order valence-corrected chi connectivity index (χ0v) is 14.5.